The van der Waals surface area contributed by atoms with E-state index in [0.717, 1.165) is 16.5 Å². The van der Waals surface area contributed by atoms with Crippen LogP contribution in [0.3, 0.4) is 0 Å². The van der Waals surface area contributed by atoms with Gasteiger partial charge >= 0.3 is 0 Å². The largest absolute Gasteiger partial charge is 0.331 e. The normalized spacial score (nSPS) is 16.1. The second kappa shape index (κ2) is 4.74. The Bertz CT molecular complexity index is 665. The lowest BCUT2D eigenvalue weighted by Gasteiger charge is -2.25. The molecule has 0 atom stereocenters. The summed E-state index contributed by atoms with van der Waals surface area (Å²) in [7, 11) is 0. The van der Waals surface area contributed by atoms with Gasteiger partial charge in [0.1, 0.15) is 5.82 Å². The number of hydrogen-bond acceptors (Lipinski definition) is 3. The van der Waals surface area contributed by atoms with Gasteiger partial charge in [0.15, 0.2) is 5.78 Å². The Balaban J connectivity index is 1.90. The van der Waals surface area contributed by atoms with E-state index in [9.17, 15) is 14.0 Å². The Hall–Kier alpha value is -1.75. The fraction of sp³-hybridized carbons (Fsp3) is 0.286. The molecule has 1 aromatic heterocycles. The summed E-state index contributed by atoms with van der Waals surface area (Å²) < 4.78 is 13.9. The lowest BCUT2D eigenvalue weighted by Crippen LogP contribution is -2.39. The van der Waals surface area contributed by atoms with Crippen molar-refractivity contribution in [2.24, 2.45) is 0 Å². The van der Waals surface area contributed by atoms with E-state index in [0.29, 0.717) is 17.8 Å². The first-order valence-corrected chi connectivity index (χ1v) is 6.95. The lowest BCUT2D eigenvalue weighted by molar-refractivity contribution is -0.121. The van der Waals surface area contributed by atoms with Crippen LogP contribution in [-0.4, -0.2) is 29.7 Å². The first kappa shape index (κ1) is 12.3. The highest BCUT2D eigenvalue weighted by Gasteiger charge is 2.23. The van der Waals surface area contributed by atoms with Crippen molar-refractivity contribution in [1.29, 1.82) is 0 Å². The predicted octanol–water partition coefficient (Wildman–Crippen LogP) is 2.85. The van der Waals surface area contributed by atoms with Crippen LogP contribution in [0.5, 0.6) is 0 Å². The molecule has 0 saturated carbocycles. The quantitative estimate of drug-likeness (QED) is 0.803. The smallest absolute Gasteiger partial charge is 0.264 e. The number of amides is 1. The molecule has 1 fully saturated rings. The maximum Gasteiger partial charge on any atom is 0.264 e. The molecule has 1 aromatic carbocycles. The summed E-state index contributed by atoms with van der Waals surface area (Å²) in [5.41, 5.74) is 0. The molecule has 2 heterocycles. The number of halogens is 1. The number of carbonyl (C=O) groups excluding carboxylic acids is 2. The van der Waals surface area contributed by atoms with Gasteiger partial charge in [0, 0.05) is 17.7 Å². The molecule has 0 bridgehead atoms. The molecule has 5 heteroatoms. The molecule has 3 nitrogen and oxygen atoms in total. The van der Waals surface area contributed by atoms with Crippen LogP contribution in [0.25, 0.3) is 10.1 Å². The minimum atomic E-state index is -0.304. The van der Waals surface area contributed by atoms with E-state index >= 15 is 0 Å². The zero-order valence-corrected chi connectivity index (χ0v) is 11.0. The Morgan fingerprint density at radius 1 is 1.32 bits per heavy atom. The summed E-state index contributed by atoms with van der Waals surface area (Å²) in [4.78, 5) is 25.8. The second-order valence-electron chi connectivity index (χ2n) is 4.66. The maximum atomic E-state index is 13.1. The molecular formula is C14H12FNO2S. The van der Waals surface area contributed by atoms with Crippen molar-refractivity contribution >= 4 is 33.1 Å². The van der Waals surface area contributed by atoms with E-state index in [1.54, 1.807) is 17.0 Å². The topological polar surface area (TPSA) is 37.4 Å². The van der Waals surface area contributed by atoms with Crippen LogP contribution in [-0.2, 0) is 4.79 Å². The molecule has 1 amide bonds. The van der Waals surface area contributed by atoms with Gasteiger partial charge in [-0.05, 0) is 30.0 Å². The molecule has 98 valence electrons. The van der Waals surface area contributed by atoms with Crippen molar-refractivity contribution in [3.8, 4) is 0 Å². The van der Waals surface area contributed by atoms with E-state index in [4.69, 9.17) is 0 Å². The number of benzene rings is 1. The highest BCUT2D eigenvalue weighted by atomic mass is 32.1. The van der Waals surface area contributed by atoms with Crippen molar-refractivity contribution in [1.82, 2.24) is 4.90 Å². The summed E-state index contributed by atoms with van der Waals surface area (Å²) in [5, 5.41) is 0.859. The molecule has 3 rings (SSSR count). The van der Waals surface area contributed by atoms with Crippen LogP contribution in [0.2, 0.25) is 0 Å². The van der Waals surface area contributed by atoms with Gasteiger partial charge in [0.2, 0.25) is 0 Å². The highest BCUT2D eigenvalue weighted by Crippen LogP contribution is 2.27. The molecule has 0 spiro atoms. The van der Waals surface area contributed by atoms with Gasteiger partial charge < -0.3 is 4.90 Å². The minimum Gasteiger partial charge on any atom is -0.331 e. The standard InChI is InChI=1S/C14H12FNO2S/c15-10-4-3-9-6-13(19-12(9)7-10)14(18)16-5-1-2-11(17)8-16/h3-4,6-7H,1-2,5,8H2. The van der Waals surface area contributed by atoms with Crippen LogP contribution in [0.4, 0.5) is 4.39 Å². The van der Waals surface area contributed by atoms with E-state index in [2.05, 4.69) is 0 Å². The minimum absolute atomic E-state index is 0.103. The average molecular weight is 277 g/mol. The zero-order valence-electron chi connectivity index (χ0n) is 10.2. The van der Waals surface area contributed by atoms with E-state index in [1.807, 2.05) is 0 Å². The number of carbonyl (C=O) groups is 2. The third-order valence-corrected chi connectivity index (χ3v) is 4.32. The predicted molar refractivity (Wildman–Crippen MR) is 71.9 cm³/mol. The lowest BCUT2D eigenvalue weighted by atomic mass is 10.1. The van der Waals surface area contributed by atoms with E-state index < -0.39 is 0 Å². The van der Waals surface area contributed by atoms with Crippen molar-refractivity contribution in [3.05, 3.63) is 35.0 Å². The SMILES string of the molecule is O=C1CCCN(C(=O)c2cc3ccc(F)cc3s2)C1. The van der Waals surface area contributed by atoms with Gasteiger partial charge in [-0.15, -0.1) is 11.3 Å². The van der Waals surface area contributed by atoms with Gasteiger partial charge in [0.25, 0.3) is 5.91 Å². The number of fused-ring (bicyclic) bond motifs is 1. The first-order valence-electron chi connectivity index (χ1n) is 6.13. The van der Waals surface area contributed by atoms with E-state index in [-0.39, 0.29) is 24.1 Å². The van der Waals surface area contributed by atoms with Gasteiger partial charge in [-0.2, -0.15) is 0 Å². The monoisotopic (exact) mass is 277 g/mol. The van der Waals surface area contributed by atoms with Crippen LogP contribution >= 0.6 is 11.3 Å². The molecule has 2 aromatic rings. The molecule has 0 unspecified atom stereocenters. The molecule has 1 saturated heterocycles. The van der Waals surface area contributed by atoms with Gasteiger partial charge in [-0.1, -0.05) is 6.07 Å². The summed E-state index contributed by atoms with van der Waals surface area (Å²) in [6, 6.07) is 6.24. The number of piperidine rings is 1. The Morgan fingerprint density at radius 3 is 2.95 bits per heavy atom. The summed E-state index contributed by atoms with van der Waals surface area (Å²) >= 11 is 1.27. The second-order valence-corrected chi connectivity index (χ2v) is 5.75. The van der Waals surface area contributed by atoms with Gasteiger partial charge in [0.05, 0.1) is 11.4 Å². The summed E-state index contributed by atoms with van der Waals surface area (Å²) in [5.74, 6) is -0.331. The van der Waals surface area contributed by atoms with Crippen molar-refractivity contribution in [3.63, 3.8) is 0 Å². The van der Waals surface area contributed by atoms with Crippen molar-refractivity contribution < 1.29 is 14.0 Å². The Kier molecular flexibility index (Phi) is 3.06. The van der Waals surface area contributed by atoms with Crippen LogP contribution in [0.15, 0.2) is 24.3 Å². The molecule has 0 aliphatic carbocycles. The fourth-order valence-corrected chi connectivity index (χ4v) is 3.33. The molecule has 19 heavy (non-hydrogen) atoms. The molecular weight excluding hydrogens is 265 g/mol. The van der Waals surface area contributed by atoms with Crippen molar-refractivity contribution in [2.75, 3.05) is 13.1 Å². The molecule has 1 aliphatic rings. The third-order valence-electron chi connectivity index (χ3n) is 3.23. The van der Waals surface area contributed by atoms with Gasteiger partial charge in [-0.3, -0.25) is 9.59 Å². The Labute approximate surface area is 113 Å². The number of Topliss-reactive ketones (excluding diaryl/α,β-unsaturated/α-hetero) is 1. The number of ketones is 1. The molecule has 0 radical (unpaired) electrons. The zero-order chi connectivity index (χ0) is 13.4. The highest BCUT2D eigenvalue weighted by molar-refractivity contribution is 7.20. The Morgan fingerprint density at radius 2 is 2.16 bits per heavy atom. The number of thiophene rings is 1. The third kappa shape index (κ3) is 2.38. The average Bonchev–Trinajstić information content (AvgIpc) is 2.80. The van der Waals surface area contributed by atoms with E-state index in [1.165, 1.54) is 23.5 Å². The van der Waals surface area contributed by atoms with Crippen LogP contribution in [0, 0.1) is 5.82 Å². The summed E-state index contributed by atoms with van der Waals surface area (Å²) in [6.45, 7) is 0.814. The number of nitrogens with zero attached hydrogens (tertiary/aromatic N) is 1. The van der Waals surface area contributed by atoms with Gasteiger partial charge in [-0.25, -0.2) is 4.39 Å². The molecule has 0 N–H and O–H groups in total. The number of hydrogen-bond donors (Lipinski definition) is 0. The fourth-order valence-electron chi connectivity index (χ4n) is 2.28. The molecule has 1 aliphatic heterocycles. The maximum absolute atomic E-state index is 13.1. The van der Waals surface area contributed by atoms with Crippen LogP contribution in [0.1, 0.15) is 22.5 Å². The van der Waals surface area contributed by atoms with Crippen molar-refractivity contribution in [2.45, 2.75) is 12.8 Å². The summed E-state index contributed by atoms with van der Waals surface area (Å²) in [6.07, 6.45) is 1.28. The van der Waals surface area contributed by atoms with Crippen LogP contribution < -0.4 is 0 Å². The number of likely N-dealkylation sites (tertiary alicyclic amines) is 1. The first-order chi connectivity index (χ1) is 9.13. The number of rotatable bonds is 1.